The van der Waals surface area contributed by atoms with E-state index in [2.05, 4.69) is 48.1 Å². The lowest BCUT2D eigenvalue weighted by Crippen LogP contribution is -2.54. The van der Waals surface area contributed by atoms with Gasteiger partial charge in [0.1, 0.15) is 29.7 Å². The third kappa shape index (κ3) is 8.61. The first-order valence-corrected chi connectivity index (χ1v) is 25.8. The molecule has 7 aliphatic heterocycles. The van der Waals surface area contributed by atoms with Crippen LogP contribution in [0, 0.1) is 24.1 Å². The van der Waals surface area contributed by atoms with E-state index >= 15 is 4.39 Å². The molecule has 5 atom stereocenters. The summed E-state index contributed by atoms with van der Waals surface area (Å²) in [6, 6.07) is 17.4. The van der Waals surface area contributed by atoms with Crippen LogP contribution < -0.4 is 25.2 Å². The van der Waals surface area contributed by atoms with Gasteiger partial charge in [0.2, 0.25) is 11.8 Å². The molecule has 9 heterocycles. The highest BCUT2D eigenvalue weighted by Crippen LogP contribution is 2.38. The van der Waals surface area contributed by atoms with Crippen LogP contribution in [0.5, 0.6) is 6.01 Å². The molecule has 12 rings (SSSR count). The molecule has 7 aliphatic rings. The Morgan fingerprint density at radius 3 is 2.25 bits per heavy atom. The van der Waals surface area contributed by atoms with Crippen LogP contribution in [0.25, 0.3) is 32.9 Å². The Morgan fingerprint density at radius 2 is 1.50 bits per heavy atom. The van der Waals surface area contributed by atoms with E-state index in [9.17, 15) is 19.2 Å². The predicted molar refractivity (Wildman–Crippen MR) is 271 cm³/mol. The molecule has 0 aliphatic carbocycles. The predicted octanol–water partition coefficient (Wildman–Crippen LogP) is 4.68. The lowest BCUT2D eigenvalue weighted by molar-refractivity contribution is -0.136. The fraction of sp³-hybridized carbons (Fsp3) is 0.473. The summed E-state index contributed by atoms with van der Waals surface area (Å²) in [6.07, 6.45) is 14.2. The van der Waals surface area contributed by atoms with E-state index in [1.807, 2.05) is 42.5 Å². The Labute approximate surface area is 418 Å². The van der Waals surface area contributed by atoms with Gasteiger partial charge < -0.3 is 24.8 Å². The minimum atomic E-state index is -0.972. The molecule has 2 aromatic heterocycles. The van der Waals surface area contributed by atoms with Gasteiger partial charge in [0, 0.05) is 124 Å². The van der Waals surface area contributed by atoms with E-state index in [4.69, 9.17) is 26.1 Å². The Bertz CT molecular complexity index is 3020. The molecular weight excluding hydrogens is 914 g/mol. The van der Waals surface area contributed by atoms with E-state index in [0.29, 0.717) is 64.1 Å². The Hall–Kier alpha value is -6.58. The molecule has 5 aromatic rings. The van der Waals surface area contributed by atoms with Gasteiger partial charge in [-0.1, -0.05) is 36.3 Å². The van der Waals surface area contributed by atoms with Crippen molar-refractivity contribution < 1.29 is 28.3 Å². The molecule has 72 heavy (non-hydrogen) atoms. The van der Waals surface area contributed by atoms with Crippen LogP contribution in [0.2, 0.25) is 0 Å². The summed E-state index contributed by atoms with van der Waals surface area (Å²) in [5.41, 5.74) is 3.23. The molecular formula is C55H60FN11O5. The van der Waals surface area contributed by atoms with Gasteiger partial charge in [-0.05, 0) is 87.6 Å². The molecule has 0 saturated carbocycles. The first-order valence-electron chi connectivity index (χ1n) is 25.8. The maximum Gasteiger partial charge on any atom is 0.319 e. The average molecular weight is 974 g/mol. The number of rotatable bonds is 11. The number of nitrogens with one attached hydrogen (secondary N) is 2. The van der Waals surface area contributed by atoms with Crippen LogP contribution in [0.4, 0.5) is 15.9 Å². The number of nitrogens with zero attached hydrogens (tertiary/aromatic N) is 9. The van der Waals surface area contributed by atoms with E-state index in [1.165, 1.54) is 0 Å². The highest BCUT2D eigenvalue weighted by atomic mass is 19.1. The number of aromatic nitrogens is 3. The van der Waals surface area contributed by atoms with Crippen LogP contribution in [0.1, 0.15) is 77.6 Å². The van der Waals surface area contributed by atoms with Crippen molar-refractivity contribution in [1.29, 1.82) is 0 Å². The number of amides is 4. The number of ether oxygens (including phenoxy) is 1. The topological polar surface area (TPSA) is 160 Å². The van der Waals surface area contributed by atoms with Gasteiger partial charge in [-0.3, -0.25) is 44.2 Å². The van der Waals surface area contributed by atoms with Crippen molar-refractivity contribution in [2.45, 2.75) is 81.6 Å². The highest BCUT2D eigenvalue weighted by Gasteiger charge is 2.45. The summed E-state index contributed by atoms with van der Waals surface area (Å²) in [6.45, 7) is 9.84. The fourth-order valence-corrected chi connectivity index (χ4v) is 12.7. The molecule has 6 fully saturated rings. The molecule has 6 saturated heterocycles. The zero-order valence-electron chi connectivity index (χ0n) is 40.7. The molecule has 16 nitrogen and oxygen atoms in total. The smallest absolute Gasteiger partial charge is 0.319 e. The normalized spacial score (nSPS) is 25.5. The summed E-state index contributed by atoms with van der Waals surface area (Å²) in [7, 11) is 2.19. The highest BCUT2D eigenvalue weighted by molar-refractivity contribution is 6.23. The number of benzene rings is 3. The number of likely N-dealkylation sites (N-methyl/N-ethyl adjacent to an activating group) is 1. The number of anilines is 2. The lowest BCUT2D eigenvalue weighted by Gasteiger charge is -2.40. The SMILES string of the molecule is C#Cc1cccc2cccc(-c3ncc4c(N5CC6CCC(C5)N6)nc(OC[C@@H]5CC[C@H](CN6CCN(CC7CCN(c8ccc9c(c8)C(=O)N(C8CCC(=O)NC8=O)C9=O)CC7)CC6)N5C)nc4c3F)c12. The monoisotopic (exact) mass is 973 g/mol. The number of imide groups is 2. The van der Waals surface area contributed by atoms with E-state index in [-0.39, 0.29) is 42.0 Å². The number of hydrogen-bond acceptors (Lipinski definition) is 14. The van der Waals surface area contributed by atoms with Crippen molar-refractivity contribution in [3.05, 3.63) is 83.3 Å². The summed E-state index contributed by atoms with van der Waals surface area (Å²) >= 11 is 0. The van der Waals surface area contributed by atoms with Crippen molar-refractivity contribution in [2.75, 3.05) is 88.9 Å². The summed E-state index contributed by atoms with van der Waals surface area (Å²) in [5, 5.41) is 8.23. The largest absolute Gasteiger partial charge is 0.462 e. The second-order valence-corrected chi connectivity index (χ2v) is 21.0. The number of halogens is 1. The third-order valence-electron chi connectivity index (χ3n) is 16.7. The second kappa shape index (κ2) is 19.1. The standard InChI is InChI=1S/C55H60FN11O5/c1-3-34-6-4-7-35-8-5-9-42(47(34)35)49-48(56)50-44(27-57-49)51(66-29-36-10-11-37(30-66)58-36)61-55(60-50)72-32-40-13-12-39(62(40)2)31-64-24-22-63(23-25-64)28-33-18-20-65(21-19-33)38-14-15-41-43(26-38)54(71)67(53(41)70)45-16-17-46(68)59-52(45)69/h1,4-9,14-15,26-27,33,36-37,39-40,45,58H,10-13,16-25,28-32H2,2H3,(H,59,68,69)/t36?,37?,39-,40+,45?/m1/s1. The van der Waals surface area contributed by atoms with Crippen molar-refractivity contribution in [3.8, 4) is 29.6 Å². The number of carbonyl (C=O) groups is 4. The maximum atomic E-state index is 17.1. The van der Waals surface area contributed by atoms with E-state index in [0.717, 1.165) is 125 Å². The van der Waals surface area contributed by atoms with E-state index in [1.54, 1.807) is 18.3 Å². The Balaban J connectivity index is 0.650. The van der Waals surface area contributed by atoms with Crippen molar-refractivity contribution in [1.82, 2.24) is 45.2 Å². The first kappa shape index (κ1) is 46.5. The van der Waals surface area contributed by atoms with Crippen molar-refractivity contribution in [3.63, 3.8) is 0 Å². The fourth-order valence-electron chi connectivity index (χ4n) is 12.7. The molecule has 372 valence electrons. The van der Waals surface area contributed by atoms with Gasteiger partial charge in [0.05, 0.1) is 16.5 Å². The number of piperazine rings is 2. The molecule has 0 radical (unpaired) electrons. The Morgan fingerprint density at radius 1 is 0.778 bits per heavy atom. The average Bonchev–Trinajstić information content (AvgIpc) is 4.01. The minimum absolute atomic E-state index is 0.0940. The van der Waals surface area contributed by atoms with Crippen molar-refractivity contribution >= 4 is 56.8 Å². The molecule has 17 heteroatoms. The van der Waals surface area contributed by atoms with Crippen molar-refractivity contribution in [2.24, 2.45) is 5.92 Å². The van der Waals surface area contributed by atoms with Gasteiger partial charge in [-0.2, -0.15) is 9.97 Å². The number of piperidine rings is 2. The quantitative estimate of drug-likeness (QED) is 0.139. The molecule has 2 bridgehead atoms. The van der Waals surface area contributed by atoms with Crippen LogP contribution in [0.3, 0.4) is 0 Å². The number of hydrogen-bond donors (Lipinski definition) is 2. The van der Waals surface area contributed by atoms with Gasteiger partial charge in [-0.15, -0.1) is 6.42 Å². The molecule has 0 spiro atoms. The number of fused-ring (bicyclic) bond motifs is 5. The number of pyridine rings is 1. The van der Waals surface area contributed by atoms with Crippen LogP contribution in [0.15, 0.2) is 60.8 Å². The zero-order chi connectivity index (χ0) is 49.2. The summed E-state index contributed by atoms with van der Waals surface area (Å²) in [5.74, 6) is 1.55. The van der Waals surface area contributed by atoms with Gasteiger partial charge >= 0.3 is 6.01 Å². The van der Waals surface area contributed by atoms with Crippen LogP contribution >= 0.6 is 0 Å². The van der Waals surface area contributed by atoms with Crippen LogP contribution in [-0.4, -0.2) is 167 Å². The van der Waals surface area contributed by atoms with Gasteiger partial charge in [0.25, 0.3) is 11.8 Å². The first-order chi connectivity index (χ1) is 35.1. The zero-order valence-corrected chi connectivity index (χ0v) is 40.7. The van der Waals surface area contributed by atoms with Crippen LogP contribution in [-0.2, 0) is 9.59 Å². The molecule has 3 unspecified atom stereocenters. The second-order valence-electron chi connectivity index (χ2n) is 21.0. The summed E-state index contributed by atoms with van der Waals surface area (Å²) in [4.78, 5) is 78.6. The number of terminal acetylenes is 1. The minimum Gasteiger partial charge on any atom is -0.462 e. The summed E-state index contributed by atoms with van der Waals surface area (Å²) < 4.78 is 23.6. The maximum absolute atomic E-state index is 17.1. The third-order valence-corrected chi connectivity index (χ3v) is 16.7. The molecule has 3 aromatic carbocycles. The van der Waals surface area contributed by atoms with Gasteiger partial charge in [-0.25, -0.2) is 4.39 Å². The molecule has 2 N–H and O–H groups in total. The number of likely N-dealkylation sites (tertiary alicyclic amines) is 1. The number of carbonyl (C=O) groups excluding carboxylic acids is 4. The molecule has 4 amide bonds. The van der Waals surface area contributed by atoms with Gasteiger partial charge in [0.15, 0.2) is 5.82 Å². The Kier molecular flexibility index (Phi) is 12.3. The van der Waals surface area contributed by atoms with E-state index < -0.39 is 29.6 Å². The lowest BCUT2D eigenvalue weighted by atomic mass is 9.95.